The minimum absolute atomic E-state index is 0.850. The Balaban J connectivity index is 3.25. The van der Waals surface area contributed by atoms with E-state index in [4.69, 9.17) is 13.6 Å². The van der Waals surface area contributed by atoms with Crippen LogP contribution in [-0.4, -0.2) is 29.4 Å². The van der Waals surface area contributed by atoms with Gasteiger partial charge in [0.15, 0.2) is 0 Å². The zero-order valence-electron chi connectivity index (χ0n) is 12.5. The third kappa shape index (κ3) is 9.68. The van der Waals surface area contributed by atoms with E-state index in [0.29, 0.717) is 0 Å². The minimum Gasteiger partial charge on any atom is -0.502 e. The van der Waals surface area contributed by atoms with Gasteiger partial charge in [-0.2, -0.15) is 0 Å². The van der Waals surface area contributed by atoms with Crippen molar-refractivity contribution >= 4 is 8.56 Å². The number of hydrogen-bond donors (Lipinski definition) is 0. The van der Waals surface area contributed by atoms with E-state index in [1.54, 1.807) is 20.5 Å². The third-order valence-electron chi connectivity index (χ3n) is 3.24. The Morgan fingerprint density at radius 2 is 1.44 bits per heavy atom. The lowest BCUT2D eigenvalue weighted by Crippen LogP contribution is -2.35. The van der Waals surface area contributed by atoms with Crippen molar-refractivity contribution in [2.75, 3.05) is 20.8 Å². The summed E-state index contributed by atoms with van der Waals surface area (Å²) in [5.74, 6) is 0. The highest BCUT2D eigenvalue weighted by atomic mass is 28.4. The molecule has 0 aromatic carbocycles. The molecule has 0 amide bonds. The number of unbranched alkanes of at least 4 members (excludes halogenated alkanes) is 5. The van der Waals surface area contributed by atoms with Crippen LogP contribution in [0.5, 0.6) is 0 Å². The quantitative estimate of drug-likeness (QED) is 0.303. The van der Waals surface area contributed by atoms with Crippen LogP contribution in [0.1, 0.15) is 45.4 Å². The van der Waals surface area contributed by atoms with Crippen molar-refractivity contribution in [1.82, 2.24) is 0 Å². The maximum Gasteiger partial charge on any atom is 0.334 e. The molecule has 0 saturated carbocycles. The van der Waals surface area contributed by atoms with Crippen molar-refractivity contribution < 1.29 is 13.6 Å². The molecule has 0 rings (SSSR count). The normalized spacial score (nSPS) is 12.2. The Kier molecular flexibility index (Phi) is 11.5. The number of allylic oxidation sites excluding steroid dienone is 1. The molecule has 0 bridgehead atoms. The summed E-state index contributed by atoms with van der Waals surface area (Å²) < 4.78 is 16.2. The van der Waals surface area contributed by atoms with Crippen molar-refractivity contribution in [3.8, 4) is 0 Å². The van der Waals surface area contributed by atoms with Crippen LogP contribution in [-0.2, 0) is 13.6 Å². The number of rotatable bonds is 12. The van der Waals surface area contributed by atoms with E-state index in [0.717, 1.165) is 19.1 Å². The summed E-state index contributed by atoms with van der Waals surface area (Å²) in [6, 6.07) is 1.10. The summed E-state index contributed by atoms with van der Waals surface area (Å²) >= 11 is 0. The van der Waals surface area contributed by atoms with Gasteiger partial charge in [0.1, 0.15) is 0 Å². The maximum atomic E-state index is 5.46. The van der Waals surface area contributed by atoms with Gasteiger partial charge in [-0.25, -0.2) is 0 Å². The zero-order chi connectivity index (χ0) is 13.7. The van der Waals surface area contributed by atoms with E-state index in [9.17, 15) is 0 Å². The van der Waals surface area contributed by atoms with Crippen molar-refractivity contribution in [2.24, 2.45) is 0 Å². The monoisotopic (exact) mass is 274 g/mol. The maximum absolute atomic E-state index is 5.46. The van der Waals surface area contributed by atoms with Crippen molar-refractivity contribution in [2.45, 2.75) is 58.0 Å². The molecule has 0 aliphatic carbocycles. The summed E-state index contributed by atoms with van der Waals surface area (Å²) in [6.45, 7) is 4.95. The van der Waals surface area contributed by atoms with Gasteiger partial charge in [0.05, 0.1) is 12.9 Å². The predicted molar refractivity (Wildman–Crippen MR) is 78.9 cm³/mol. The molecule has 3 nitrogen and oxygen atoms in total. The van der Waals surface area contributed by atoms with E-state index >= 15 is 0 Å². The van der Waals surface area contributed by atoms with E-state index < -0.39 is 8.56 Å². The summed E-state index contributed by atoms with van der Waals surface area (Å²) in [4.78, 5) is 0. The largest absolute Gasteiger partial charge is 0.502 e. The molecule has 0 unspecified atom stereocenters. The van der Waals surface area contributed by atoms with Crippen molar-refractivity contribution in [3.63, 3.8) is 0 Å². The van der Waals surface area contributed by atoms with Gasteiger partial charge < -0.3 is 13.6 Å². The van der Waals surface area contributed by atoms with Crippen LogP contribution in [0.2, 0.25) is 12.6 Å². The summed E-state index contributed by atoms with van der Waals surface area (Å²) in [5.41, 5.74) is 0. The molecule has 18 heavy (non-hydrogen) atoms. The molecule has 0 atom stereocenters. The molecule has 108 valence electrons. The first kappa shape index (κ1) is 17.7. The van der Waals surface area contributed by atoms with Crippen LogP contribution in [0, 0.1) is 0 Å². The predicted octanol–water partition coefficient (Wildman–Crippen LogP) is 4.24. The first-order valence-electron chi connectivity index (χ1n) is 7.01. The fraction of sp³-hybridized carbons (Fsp3) is 0.857. The van der Waals surface area contributed by atoms with Crippen LogP contribution in [0.25, 0.3) is 0 Å². The molecule has 0 aromatic rings. The molecule has 0 spiro atoms. The molecule has 0 heterocycles. The van der Waals surface area contributed by atoms with Crippen LogP contribution < -0.4 is 0 Å². The van der Waals surface area contributed by atoms with Gasteiger partial charge in [0.2, 0.25) is 0 Å². The Hall–Kier alpha value is -0.323. The SMILES string of the molecule is CC=COCCCCCCCC[Si](C)(OC)OC. The molecule has 0 aliphatic heterocycles. The van der Waals surface area contributed by atoms with Crippen LogP contribution in [0.15, 0.2) is 12.3 Å². The second-order valence-corrected chi connectivity index (χ2v) is 8.34. The molecule has 0 aliphatic rings. The van der Waals surface area contributed by atoms with Gasteiger partial charge in [0, 0.05) is 14.2 Å². The lowest BCUT2D eigenvalue weighted by atomic mass is 10.1. The molecule has 0 aromatic heterocycles. The second-order valence-electron chi connectivity index (χ2n) is 4.75. The molecule has 0 saturated heterocycles. The highest BCUT2D eigenvalue weighted by Crippen LogP contribution is 2.17. The van der Waals surface area contributed by atoms with Gasteiger partial charge in [-0.05, 0) is 25.9 Å². The van der Waals surface area contributed by atoms with Crippen LogP contribution in [0.4, 0.5) is 0 Å². The van der Waals surface area contributed by atoms with E-state index in [-0.39, 0.29) is 0 Å². The standard InChI is InChI=1S/C14H30O3Si/c1-5-12-17-13-10-8-6-7-9-11-14-18(4,15-2)16-3/h5,12H,6-11,13-14H2,1-4H3. The first-order valence-corrected chi connectivity index (χ1v) is 9.54. The Labute approximate surface area is 114 Å². The van der Waals surface area contributed by atoms with E-state index in [2.05, 4.69) is 6.55 Å². The Morgan fingerprint density at radius 1 is 0.889 bits per heavy atom. The van der Waals surface area contributed by atoms with Crippen molar-refractivity contribution in [1.29, 1.82) is 0 Å². The van der Waals surface area contributed by atoms with Gasteiger partial charge in [0.25, 0.3) is 0 Å². The lowest BCUT2D eigenvalue weighted by Gasteiger charge is -2.22. The number of ether oxygens (including phenoxy) is 1. The fourth-order valence-corrected chi connectivity index (χ4v) is 3.26. The molecule has 4 heteroatoms. The van der Waals surface area contributed by atoms with Crippen LogP contribution in [0.3, 0.4) is 0 Å². The third-order valence-corrected chi connectivity index (χ3v) is 6.23. The average molecular weight is 274 g/mol. The Bertz CT molecular complexity index is 203. The molecule has 0 N–H and O–H groups in total. The smallest absolute Gasteiger partial charge is 0.334 e. The lowest BCUT2D eigenvalue weighted by molar-refractivity contribution is 0.239. The highest BCUT2D eigenvalue weighted by Gasteiger charge is 2.27. The fourth-order valence-electron chi connectivity index (χ4n) is 1.79. The van der Waals surface area contributed by atoms with Gasteiger partial charge >= 0.3 is 8.56 Å². The summed E-state index contributed by atoms with van der Waals surface area (Å²) in [6.07, 6.45) is 11.2. The van der Waals surface area contributed by atoms with E-state index in [1.165, 1.54) is 32.1 Å². The summed E-state index contributed by atoms with van der Waals surface area (Å²) in [5, 5.41) is 0. The second kappa shape index (κ2) is 11.7. The van der Waals surface area contributed by atoms with E-state index in [1.807, 2.05) is 13.0 Å². The molecule has 0 radical (unpaired) electrons. The van der Waals surface area contributed by atoms with Gasteiger partial charge in [-0.3, -0.25) is 0 Å². The Morgan fingerprint density at radius 3 is 2.00 bits per heavy atom. The summed E-state index contributed by atoms with van der Waals surface area (Å²) in [7, 11) is 1.71. The van der Waals surface area contributed by atoms with Gasteiger partial charge in [-0.15, -0.1) is 0 Å². The minimum atomic E-state index is -1.82. The van der Waals surface area contributed by atoms with Crippen molar-refractivity contribution in [3.05, 3.63) is 12.3 Å². The first-order chi connectivity index (χ1) is 8.68. The topological polar surface area (TPSA) is 27.7 Å². The van der Waals surface area contributed by atoms with Gasteiger partial charge in [-0.1, -0.05) is 38.2 Å². The van der Waals surface area contributed by atoms with Crippen LogP contribution >= 0.6 is 0 Å². The molecular formula is C14H30O3Si. The molecule has 0 fully saturated rings. The highest BCUT2D eigenvalue weighted by molar-refractivity contribution is 6.65. The zero-order valence-corrected chi connectivity index (χ0v) is 13.5. The molecular weight excluding hydrogens is 244 g/mol. The number of hydrogen-bond acceptors (Lipinski definition) is 3. The average Bonchev–Trinajstić information content (AvgIpc) is 2.40.